The predicted molar refractivity (Wildman–Crippen MR) is 94.4 cm³/mol. The van der Waals surface area contributed by atoms with Gasteiger partial charge in [0.05, 0.1) is 0 Å². The highest BCUT2D eigenvalue weighted by atomic mass is 32.2. The van der Waals surface area contributed by atoms with E-state index >= 15 is 0 Å². The molecule has 0 saturated carbocycles. The number of nitrogens with zero attached hydrogens (tertiary/aromatic N) is 2. The molecule has 24 heavy (non-hydrogen) atoms. The molecule has 0 fully saturated rings. The van der Waals surface area contributed by atoms with Crippen molar-refractivity contribution in [2.75, 3.05) is 0 Å². The summed E-state index contributed by atoms with van der Waals surface area (Å²) in [6.45, 7) is 6.52. The Morgan fingerprint density at radius 1 is 1.00 bits per heavy atom. The van der Waals surface area contributed by atoms with Crippen LogP contribution in [0.2, 0.25) is 0 Å². The van der Waals surface area contributed by atoms with Gasteiger partial charge >= 0.3 is 0 Å². The summed E-state index contributed by atoms with van der Waals surface area (Å²) < 4.78 is 19.3. The Bertz CT molecular complexity index is 822. The number of aromatic nitrogens is 2. The van der Waals surface area contributed by atoms with Gasteiger partial charge in [-0.05, 0) is 34.7 Å². The van der Waals surface area contributed by atoms with Crippen molar-refractivity contribution in [2.45, 2.75) is 37.2 Å². The van der Waals surface area contributed by atoms with Gasteiger partial charge in [-0.3, -0.25) is 0 Å². The van der Waals surface area contributed by atoms with Gasteiger partial charge in [-0.1, -0.05) is 62.9 Å². The minimum Gasteiger partial charge on any atom is -0.411 e. The van der Waals surface area contributed by atoms with E-state index in [9.17, 15) is 4.39 Å². The molecule has 124 valence electrons. The van der Waals surface area contributed by atoms with E-state index in [1.807, 2.05) is 18.2 Å². The van der Waals surface area contributed by atoms with Crippen molar-refractivity contribution >= 4 is 11.8 Å². The van der Waals surface area contributed by atoms with Crippen LogP contribution in [0.25, 0.3) is 11.5 Å². The largest absolute Gasteiger partial charge is 0.411 e. The highest BCUT2D eigenvalue weighted by molar-refractivity contribution is 7.98. The molecule has 0 saturated heterocycles. The monoisotopic (exact) mass is 342 g/mol. The number of hydrogen-bond donors (Lipinski definition) is 0. The van der Waals surface area contributed by atoms with Crippen molar-refractivity contribution in [3.63, 3.8) is 0 Å². The van der Waals surface area contributed by atoms with E-state index in [2.05, 4.69) is 43.1 Å². The van der Waals surface area contributed by atoms with Crippen LogP contribution in [0.5, 0.6) is 0 Å². The minimum absolute atomic E-state index is 0.105. The fourth-order valence-electron chi connectivity index (χ4n) is 2.25. The standard InChI is InChI=1S/C19H19FN2OS/c1-19(2,3)15-10-8-13(9-11-15)17-21-22-18(23-17)24-12-14-6-4-5-7-16(14)20/h4-11H,12H2,1-3H3. The van der Waals surface area contributed by atoms with Crippen LogP contribution in [0.4, 0.5) is 4.39 Å². The van der Waals surface area contributed by atoms with E-state index in [1.165, 1.54) is 23.4 Å². The second-order valence-electron chi connectivity index (χ2n) is 6.58. The van der Waals surface area contributed by atoms with Gasteiger partial charge in [0.1, 0.15) is 5.82 Å². The maximum atomic E-state index is 13.6. The molecular weight excluding hydrogens is 323 g/mol. The lowest BCUT2D eigenvalue weighted by Crippen LogP contribution is -2.10. The summed E-state index contributed by atoms with van der Waals surface area (Å²) in [5, 5.41) is 8.55. The van der Waals surface area contributed by atoms with E-state index in [0.717, 1.165) is 5.56 Å². The zero-order valence-corrected chi connectivity index (χ0v) is 14.7. The van der Waals surface area contributed by atoms with Gasteiger partial charge in [-0.15, -0.1) is 10.2 Å². The molecule has 2 aromatic carbocycles. The first-order chi connectivity index (χ1) is 11.4. The zero-order chi connectivity index (χ0) is 17.2. The molecule has 3 nitrogen and oxygen atoms in total. The molecule has 0 atom stereocenters. The average Bonchev–Trinajstić information content (AvgIpc) is 3.02. The SMILES string of the molecule is CC(C)(C)c1ccc(-c2nnc(SCc3ccccc3F)o2)cc1. The third-order valence-electron chi connectivity index (χ3n) is 3.71. The van der Waals surface area contributed by atoms with Crippen LogP contribution in [0.3, 0.4) is 0 Å². The Labute approximate surface area is 145 Å². The van der Waals surface area contributed by atoms with Crippen LogP contribution < -0.4 is 0 Å². The molecule has 0 spiro atoms. The molecule has 5 heteroatoms. The van der Waals surface area contributed by atoms with Gasteiger partial charge in [-0.25, -0.2) is 4.39 Å². The average molecular weight is 342 g/mol. The molecule has 1 aromatic heterocycles. The Morgan fingerprint density at radius 3 is 2.38 bits per heavy atom. The molecule has 0 amide bonds. The Kier molecular flexibility index (Phi) is 4.71. The fraction of sp³-hybridized carbons (Fsp3) is 0.263. The Hall–Kier alpha value is -2.14. The number of halogens is 1. The topological polar surface area (TPSA) is 38.9 Å². The minimum atomic E-state index is -0.220. The fourth-order valence-corrected chi connectivity index (χ4v) is 3.00. The second kappa shape index (κ2) is 6.77. The van der Waals surface area contributed by atoms with Gasteiger partial charge in [0.2, 0.25) is 5.89 Å². The lowest BCUT2D eigenvalue weighted by Gasteiger charge is -2.18. The van der Waals surface area contributed by atoms with Gasteiger partial charge in [-0.2, -0.15) is 0 Å². The summed E-state index contributed by atoms with van der Waals surface area (Å²) in [4.78, 5) is 0. The van der Waals surface area contributed by atoms with Gasteiger partial charge in [0.25, 0.3) is 5.22 Å². The van der Waals surface area contributed by atoms with E-state index in [4.69, 9.17) is 4.42 Å². The summed E-state index contributed by atoms with van der Waals surface area (Å²) in [5.41, 5.74) is 2.86. The third kappa shape index (κ3) is 3.85. The first-order valence-corrected chi connectivity index (χ1v) is 8.73. The van der Waals surface area contributed by atoms with Crippen LogP contribution in [0, 0.1) is 5.82 Å². The van der Waals surface area contributed by atoms with Crippen molar-refractivity contribution in [3.8, 4) is 11.5 Å². The first kappa shape index (κ1) is 16.7. The summed E-state index contributed by atoms with van der Waals surface area (Å²) in [5.74, 6) is 0.714. The molecular formula is C19H19FN2OS. The van der Waals surface area contributed by atoms with Crippen molar-refractivity contribution in [2.24, 2.45) is 0 Å². The van der Waals surface area contributed by atoms with Crippen LogP contribution in [0.1, 0.15) is 31.9 Å². The van der Waals surface area contributed by atoms with Crippen molar-refractivity contribution < 1.29 is 8.81 Å². The predicted octanol–water partition coefficient (Wildman–Crippen LogP) is 5.47. The van der Waals surface area contributed by atoms with Crippen molar-refractivity contribution in [3.05, 3.63) is 65.5 Å². The third-order valence-corrected chi connectivity index (χ3v) is 4.58. The molecule has 0 aliphatic rings. The summed E-state index contributed by atoms with van der Waals surface area (Å²) in [6, 6.07) is 14.8. The quantitative estimate of drug-likeness (QED) is 0.590. The Morgan fingerprint density at radius 2 is 1.71 bits per heavy atom. The van der Waals surface area contributed by atoms with E-state index in [1.54, 1.807) is 12.1 Å². The van der Waals surface area contributed by atoms with Crippen LogP contribution in [0.15, 0.2) is 58.2 Å². The molecule has 0 unspecified atom stereocenters. The molecule has 0 aliphatic carbocycles. The maximum absolute atomic E-state index is 13.6. The summed E-state index contributed by atoms with van der Waals surface area (Å²) in [7, 11) is 0. The molecule has 3 rings (SSSR count). The smallest absolute Gasteiger partial charge is 0.277 e. The lowest BCUT2D eigenvalue weighted by molar-refractivity contribution is 0.465. The molecule has 0 radical (unpaired) electrons. The van der Waals surface area contributed by atoms with Crippen molar-refractivity contribution in [1.29, 1.82) is 0 Å². The van der Waals surface area contributed by atoms with Crippen LogP contribution in [-0.4, -0.2) is 10.2 Å². The Balaban J connectivity index is 1.70. The van der Waals surface area contributed by atoms with Gasteiger partial charge in [0.15, 0.2) is 0 Å². The van der Waals surface area contributed by atoms with Gasteiger partial charge in [0, 0.05) is 11.3 Å². The zero-order valence-electron chi connectivity index (χ0n) is 13.9. The van der Waals surface area contributed by atoms with E-state index < -0.39 is 0 Å². The van der Waals surface area contributed by atoms with Crippen LogP contribution >= 0.6 is 11.8 Å². The summed E-state index contributed by atoms with van der Waals surface area (Å²) in [6.07, 6.45) is 0. The number of rotatable bonds is 4. The molecule has 0 bridgehead atoms. The number of benzene rings is 2. The lowest BCUT2D eigenvalue weighted by atomic mass is 9.87. The van der Waals surface area contributed by atoms with Crippen molar-refractivity contribution in [1.82, 2.24) is 10.2 Å². The van der Waals surface area contributed by atoms with Gasteiger partial charge < -0.3 is 4.42 Å². The second-order valence-corrected chi connectivity index (χ2v) is 7.51. The maximum Gasteiger partial charge on any atom is 0.277 e. The number of thioether (sulfide) groups is 1. The molecule has 3 aromatic rings. The highest BCUT2D eigenvalue weighted by Gasteiger charge is 2.15. The molecule has 0 aliphatic heterocycles. The van der Waals surface area contributed by atoms with E-state index in [-0.39, 0.29) is 11.2 Å². The summed E-state index contributed by atoms with van der Waals surface area (Å²) >= 11 is 1.33. The molecule has 1 heterocycles. The first-order valence-electron chi connectivity index (χ1n) is 7.74. The highest BCUT2D eigenvalue weighted by Crippen LogP contribution is 2.28. The number of hydrogen-bond acceptors (Lipinski definition) is 4. The molecule has 0 N–H and O–H groups in total. The normalized spacial score (nSPS) is 11.7. The van der Waals surface area contributed by atoms with Crippen LogP contribution in [-0.2, 0) is 11.2 Å². The van der Waals surface area contributed by atoms with E-state index in [0.29, 0.717) is 22.4 Å².